The van der Waals surface area contributed by atoms with Crippen molar-refractivity contribution >= 4 is 34.9 Å². The van der Waals surface area contributed by atoms with E-state index in [1.54, 1.807) is 4.90 Å². The predicted molar refractivity (Wildman–Crippen MR) is 110 cm³/mol. The minimum atomic E-state index is -0.860. The molecule has 28 heavy (non-hydrogen) atoms. The van der Waals surface area contributed by atoms with E-state index in [1.807, 2.05) is 59.2 Å². The number of carboxylic acid groups (broad SMARTS) is 1. The summed E-state index contributed by atoms with van der Waals surface area (Å²) in [5.74, 6) is -0.148. The summed E-state index contributed by atoms with van der Waals surface area (Å²) >= 11 is 1.38. The molecule has 7 heteroatoms. The molecule has 1 aliphatic rings. The molecule has 0 unspecified atom stereocenters. The van der Waals surface area contributed by atoms with E-state index in [0.717, 1.165) is 27.7 Å². The number of carbonyl (C=O) groups is 2. The molecule has 0 atom stereocenters. The number of hydrogen-bond donors (Lipinski definition) is 2. The number of benzene rings is 2. The predicted octanol–water partition coefficient (Wildman–Crippen LogP) is 3.64. The third-order valence-electron chi connectivity index (χ3n) is 4.98. The smallest absolute Gasteiger partial charge is 0.327 e. The van der Waals surface area contributed by atoms with E-state index in [2.05, 4.69) is 4.72 Å². The number of hydrogen-bond acceptors (Lipinski definition) is 3. The Bertz CT molecular complexity index is 1020. The number of nitrogens with one attached hydrogen (secondary N) is 1. The highest BCUT2D eigenvalue weighted by atomic mass is 32.2. The molecule has 0 aliphatic carbocycles. The van der Waals surface area contributed by atoms with Crippen molar-refractivity contribution in [2.45, 2.75) is 25.3 Å². The van der Waals surface area contributed by atoms with Crippen LogP contribution in [0.25, 0.3) is 10.9 Å². The van der Waals surface area contributed by atoms with Crippen LogP contribution in [0, 0.1) is 0 Å². The fraction of sp³-hybridized carbons (Fsp3) is 0.238. The lowest BCUT2D eigenvalue weighted by atomic mass is 10.0. The summed E-state index contributed by atoms with van der Waals surface area (Å²) in [4.78, 5) is 25.7. The van der Waals surface area contributed by atoms with Gasteiger partial charge in [0.1, 0.15) is 6.54 Å². The molecule has 2 amide bonds. The summed E-state index contributed by atoms with van der Waals surface area (Å²) in [6, 6.07) is 17.7. The number of carbonyl (C=O) groups excluding carboxylic acids is 1. The molecule has 0 spiro atoms. The van der Waals surface area contributed by atoms with Crippen LogP contribution in [-0.4, -0.2) is 33.1 Å². The highest BCUT2D eigenvalue weighted by molar-refractivity contribution is 7.97. The number of amides is 2. The summed E-state index contributed by atoms with van der Waals surface area (Å²) in [6.07, 6.45) is 0.647. The van der Waals surface area contributed by atoms with Crippen LogP contribution in [-0.2, 0) is 30.1 Å². The minimum absolute atomic E-state index is 0.0605. The molecule has 4 rings (SSSR count). The molecule has 3 aromatic rings. The van der Waals surface area contributed by atoms with Crippen molar-refractivity contribution in [1.29, 1.82) is 0 Å². The third-order valence-corrected chi connectivity index (χ3v) is 5.78. The maximum Gasteiger partial charge on any atom is 0.327 e. The molecular weight excluding hydrogens is 374 g/mol. The molecule has 0 bridgehead atoms. The van der Waals surface area contributed by atoms with Gasteiger partial charge in [0.05, 0.1) is 0 Å². The van der Waals surface area contributed by atoms with E-state index in [4.69, 9.17) is 0 Å². The Morgan fingerprint density at radius 1 is 1.07 bits per heavy atom. The Hall–Kier alpha value is -2.93. The van der Waals surface area contributed by atoms with Gasteiger partial charge in [-0.3, -0.25) is 9.52 Å². The minimum Gasteiger partial charge on any atom is -0.480 e. The van der Waals surface area contributed by atoms with Gasteiger partial charge in [-0.2, -0.15) is 0 Å². The average molecular weight is 395 g/mol. The van der Waals surface area contributed by atoms with Gasteiger partial charge in [0.25, 0.3) is 0 Å². The molecule has 2 N–H and O–H groups in total. The summed E-state index contributed by atoms with van der Waals surface area (Å²) in [5, 5.41) is 10.3. The number of carboxylic acids is 1. The Labute approximate surface area is 167 Å². The first-order chi connectivity index (χ1) is 13.6. The van der Waals surface area contributed by atoms with Gasteiger partial charge < -0.3 is 14.6 Å². The van der Waals surface area contributed by atoms with Gasteiger partial charge in [-0.25, -0.2) is 4.79 Å². The second kappa shape index (κ2) is 7.98. The largest absolute Gasteiger partial charge is 0.480 e. The normalized spacial score (nSPS) is 13.4. The van der Waals surface area contributed by atoms with Gasteiger partial charge in [0.15, 0.2) is 0 Å². The number of para-hydroxylation sites is 1. The molecule has 2 heterocycles. The molecule has 2 aromatic carbocycles. The zero-order valence-corrected chi connectivity index (χ0v) is 16.1. The Morgan fingerprint density at radius 3 is 2.61 bits per heavy atom. The number of aromatic nitrogens is 1. The Balaban J connectivity index is 1.48. The molecule has 1 aliphatic heterocycles. The Kier molecular flexibility index (Phi) is 5.25. The molecule has 0 saturated carbocycles. The van der Waals surface area contributed by atoms with E-state index in [1.165, 1.54) is 11.9 Å². The summed E-state index contributed by atoms with van der Waals surface area (Å²) in [6.45, 7) is 0.996. The SMILES string of the molecule is O=C(O)Cn1c2c(c3ccccc31)CN(C(=O)NSCc1ccccc1)CC2. The lowest BCUT2D eigenvalue weighted by Gasteiger charge is -2.28. The second-order valence-electron chi connectivity index (χ2n) is 6.78. The van der Waals surface area contributed by atoms with E-state index in [-0.39, 0.29) is 12.6 Å². The monoisotopic (exact) mass is 395 g/mol. The van der Waals surface area contributed by atoms with Gasteiger partial charge in [-0.15, -0.1) is 0 Å². The van der Waals surface area contributed by atoms with Crippen molar-refractivity contribution in [2.75, 3.05) is 6.54 Å². The van der Waals surface area contributed by atoms with Crippen LogP contribution in [0.1, 0.15) is 16.8 Å². The van der Waals surface area contributed by atoms with E-state index >= 15 is 0 Å². The maximum atomic E-state index is 12.6. The number of urea groups is 1. The van der Waals surface area contributed by atoms with E-state index < -0.39 is 5.97 Å². The van der Waals surface area contributed by atoms with Crippen molar-refractivity contribution in [2.24, 2.45) is 0 Å². The van der Waals surface area contributed by atoms with Crippen molar-refractivity contribution in [3.63, 3.8) is 0 Å². The number of aliphatic carboxylic acids is 1. The molecule has 144 valence electrons. The van der Waals surface area contributed by atoms with Crippen LogP contribution >= 0.6 is 11.9 Å². The standard InChI is InChI=1S/C21H21N3O3S/c25-20(26)13-24-18-9-5-4-8-16(18)17-12-23(11-10-19(17)24)21(27)22-28-14-15-6-2-1-3-7-15/h1-9H,10-14H2,(H,22,27)(H,25,26). The van der Waals surface area contributed by atoms with Gasteiger partial charge in [-0.1, -0.05) is 48.5 Å². The lowest BCUT2D eigenvalue weighted by molar-refractivity contribution is -0.137. The highest BCUT2D eigenvalue weighted by Crippen LogP contribution is 2.31. The summed E-state index contributed by atoms with van der Waals surface area (Å²) < 4.78 is 4.79. The zero-order chi connectivity index (χ0) is 19.5. The topological polar surface area (TPSA) is 74.6 Å². The maximum absolute atomic E-state index is 12.6. The lowest BCUT2D eigenvalue weighted by Crippen LogP contribution is -2.40. The van der Waals surface area contributed by atoms with Gasteiger partial charge in [0.2, 0.25) is 0 Å². The zero-order valence-electron chi connectivity index (χ0n) is 15.3. The van der Waals surface area contributed by atoms with Crippen LogP contribution in [0.5, 0.6) is 0 Å². The molecule has 6 nitrogen and oxygen atoms in total. The summed E-state index contributed by atoms with van der Waals surface area (Å²) in [5.41, 5.74) is 4.14. The number of rotatable bonds is 5. The van der Waals surface area contributed by atoms with Crippen LogP contribution < -0.4 is 4.72 Å². The summed E-state index contributed by atoms with van der Waals surface area (Å²) in [7, 11) is 0. The fourth-order valence-electron chi connectivity index (χ4n) is 3.71. The molecule has 1 aromatic heterocycles. The van der Waals surface area contributed by atoms with E-state index in [9.17, 15) is 14.7 Å². The van der Waals surface area contributed by atoms with Crippen molar-refractivity contribution < 1.29 is 14.7 Å². The number of nitrogens with zero attached hydrogens (tertiary/aromatic N) is 2. The van der Waals surface area contributed by atoms with Crippen LogP contribution in [0.2, 0.25) is 0 Å². The first kappa shape index (κ1) is 18.4. The van der Waals surface area contributed by atoms with Crippen LogP contribution in [0.4, 0.5) is 4.79 Å². The fourth-order valence-corrected chi connectivity index (χ4v) is 4.39. The molecule has 0 radical (unpaired) electrons. The molecule has 0 fully saturated rings. The van der Waals surface area contributed by atoms with Crippen molar-refractivity contribution in [1.82, 2.24) is 14.2 Å². The average Bonchev–Trinajstić information content (AvgIpc) is 3.01. The second-order valence-corrected chi connectivity index (χ2v) is 7.56. The van der Waals surface area contributed by atoms with Crippen molar-refractivity contribution in [3.8, 4) is 0 Å². The third kappa shape index (κ3) is 3.71. The van der Waals surface area contributed by atoms with Crippen molar-refractivity contribution in [3.05, 3.63) is 71.4 Å². The molecule has 0 saturated heterocycles. The van der Waals surface area contributed by atoms with Gasteiger partial charge in [-0.05, 0) is 23.6 Å². The van der Waals surface area contributed by atoms with Crippen LogP contribution in [0.15, 0.2) is 54.6 Å². The quantitative estimate of drug-likeness (QED) is 0.647. The Morgan fingerprint density at radius 2 is 1.82 bits per heavy atom. The highest BCUT2D eigenvalue weighted by Gasteiger charge is 2.27. The first-order valence-corrected chi connectivity index (χ1v) is 10.1. The molecular formula is C21H21N3O3S. The first-order valence-electron chi connectivity index (χ1n) is 9.15. The van der Waals surface area contributed by atoms with E-state index in [0.29, 0.717) is 25.3 Å². The number of fused-ring (bicyclic) bond motifs is 3. The van der Waals surface area contributed by atoms with Crippen LogP contribution in [0.3, 0.4) is 0 Å². The van der Waals surface area contributed by atoms with Gasteiger partial charge in [0, 0.05) is 47.4 Å². The van der Waals surface area contributed by atoms with Gasteiger partial charge >= 0.3 is 12.0 Å².